The van der Waals surface area contributed by atoms with Gasteiger partial charge in [0.15, 0.2) is 0 Å². The van der Waals surface area contributed by atoms with E-state index >= 15 is 0 Å². The third-order valence-corrected chi connectivity index (χ3v) is 4.30. The Kier molecular flexibility index (Phi) is 4.90. The second-order valence-electron chi connectivity index (χ2n) is 6.25. The number of benzene rings is 2. The Morgan fingerprint density at radius 3 is 2.61 bits per heavy atom. The second kappa shape index (κ2) is 7.31. The molecule has 9 nitrogen and oxygen atoms in total. The van der Waals surface area contributed by atoms with Crippen LogP contribution in [0, 0.1) is 10.1 Å². The van der Waals surface area contributed by atoms with Gasteiger partial charge in [-0.05, 0) is 36.8 Å². The standard InChI is InChI=1S/C19H16N4O5/c1-19(17(25)21-18(26)22-19)13-6-4-7-14(11-13)20-16(24)10-9-12-5-2-3-8-15(12)23(27)28/h2-11H,1H3,(H,20,24)(H2,21,22,25,26). The van der Waals surface area contributed by atoms with Gasteiger partial charge in [0.25, 0.3) is 11.6 Å². The summed E-state index contributed by atoms with van der Waals surface area (Å²) >= 11 is 0. The fourth-order valence-corrected chi connectivity index (χ4v) is 2.80. The molecule has 1 heterocycles. The number of amides is 4. The molecule has 0 saturated carbocycles. The first-order chi connectivity index (χ1) is 13.3. The quantitative estimate of drug-likeness (QED) is 0.317. The van der Waals surface area contributed by atoms with Crippen LogP contribution in [0.1, 0.15) is 18.1 Å². The highest BCUT2D eigenvalue weighted by Gasteiger charge is 2.43. The maximum Gasteiger partial charge on any atom is 0.322 e. The molecule has 2 aromatic carbocycles. The van der Waals surface area contributed by atoms with Crippen LogP contribution in [-0.2, 0) is 15.1 Å². The summed E-state index contributed by atoms with van der Waals surface area (Å²) in [6, 6.07) is 12.0. The second-order valence-corrected chi connectivity index (χ2v) is 6.25. The molecule has 2 aromatic rings. The summed E-state index contributed by atoms with van der Waals surface area (Å²) in [6.07, 6.45) is 2.53. The minimum absolute atomic E-state index is 0.107. The molecule has 1 aliphatic rings. The van der Waals surface area contributed by atoms with Gasteiger partial charge >= 0.3 is 6.03 Å². The van der Waals surface area contributed by atoms with E-state index in [1.54, 1.807) is 43.3 Å². The maximum atomic E-state index is 12.2. The van der Waals surface area contributed by atoms with Gasteiger partial charge in [-0.15, -0.1) is 0 Å². The van der Waals surface area contributed by atoms with E-state index in [-0.39, 0.29) is 5.69 Å². The van der Waals surface area contributed by atoms with Gasteiger partial charge in [0.1, 0.15) is 5.54 Å². The minimum atomic E-state index is -1.24. The first-order valence-corrected chi connectivity index (χ1v) is 8.26. The van der Waals surface area contributed by atoms with Gasteiger partial charge in [-0.1, -0.05) is 24.3 Å². The number of imide groups is 1. The number of hydrogen-bond donors (Lipinski definition) is 3. The number of rotatable bonds is 5. The van der Waals surface area contributed by atoms with Crippen LogP contribution in [0.25, 0.3) is 6.08 Å². The summed E-state index contributed by atoms with van der Waals surface area (Å²) in [5, 5.41) is 18.4. The third-order valence-electron chi connectivity index (χ3n) is 4.30. The van der Waals surface area contributed by atoms with Crippen molar-refractivity contribution < 1.29 is 19.3 Å². The Hall–Kier alpha value is -4.01. The smallest absolute Gasteiger partial charge is 0.322 e. The van der Waals surface area contributed by atoms with Crippen molar-refractivity contribution in [1.29, 1.82) is 0 Å². The monoisotopic (exact) mass is 380 g/mol. The molecule has 9 heteroatoms. The number of nitrogens with one attached hydrogen (secondary N) is 3. The zero-order chi connectivity index (χ0) is 20.3. The number of carbonyl (C=O) groups excluding carboxylic acids is 3. The highest BCUT2D eigenvalue weighted by Crippen LogP contribution is 2.26. The van der Waals surface area contributed by atoms with Crippen LogP contribution in [0.3, 0.4) is 0 Å². The lowest BCUT2D eigenvalue weighted by molar-refractivity contribution is -0.385. The third kappa shape index (κ3) is 3.73. The Bertz CT molecular complexity index is 1020. The number of carbonyl (C=O) groups is 3. The molecule has 3 rings (SSSR count). The van der Waals surface area contributed by atoms with Crippen molar-refractivity contribution in [2.24, 2.45) is 0 Å². The number of nitro benzene ring substituents is 1. The molecule has 1 aliphatic heterocycles. The molecule has 4 amide bonds. The summed E-state index contributed by atoms with van der Waals surface area (Å²) in [5.74, 6) is -0.988. The van der Waals surface area contributed by atoms with Crippen molar-refractivity contribution in [3.05, 3.63) is 75.8 Å². The van der Waals surface area contributed by atoms with E-state index in [9.17, 15) is 24.5 Å². The Labute approximate surface area is 159 Å². The van der Waals surface area contributed by atoms with E-state index in [1.807, 2.05) is 0 Å². The van der Waals surface area contributed by atoms with Crippen molar-refractivity contribution in [2.75, 3.05) is 5.32 Å². The molecule has 0 radical (unpaired) electrons. The zero-order valence-corrected chi connectivity index (χ0v) is 14.8. The lowest BCUT2D eigenvalue weighted by atomic mass is 9.92. The molecule has 3 N–H and O–H groups in total. The molecule has 1 unspecified atom stereocenters. The number of urea groups is 1. The van der Waals surface area contributed by atoms with Crippen LogP contribution in [0.2, 0.25) is 0 Å². The van der Waals surface area contributed by atoms with Gasteiger partial charge in [0.2, 0.25) is 5.91 Å². The molecular weight excluding hydrogens is 364 g/mol. The van der Waals surface area contributed by atoms with Gasteiger partial charge in [0.05, 0.1) is 10.5 Å². The summed E-state index contributed by atoms with van der Waals surface area (Å²) in [5.41, 5.74) is -0.141. The maximum absolute atomic E-state index is 12.2. The molecule has 0 aliphatic carbocycles. The van der Waals surface area contributed by atoms with Crippen LogP contribution in [-0.4, -0.2) is 22.8 Å². The van der Waals surface area contributed by atoms with E-state index in [2.05, 4.69) is 16.0 Å². The summed E-state index contributed by atoms with van der Waals surface area (Å²) < 4.78 is 0. The predicted octanol–water partition coefficient (Wildman–Crippen LogP) is 2.30. The predicted molar refractivity (Wildman–Crippen MR) is 101 cm³/mol. The molecule has 1 atom stereocenters. The van der Waals surface area contributed by atoms with Gasteiger partial charge in [-0.2, -0.15) is 0 Å². The molecule has 0 aromatic heterocycles. The molecule has 142 valence electrons. The zero-order valence-electron chi connectivity index (χ0n) is 14.8. The Morgan fingerprint density at radius 2 is 1.93 bits per heavy atom. The lowest BCUT2D eigenvalue weighted by Crippen LogP contribution is -2.40. The first-order valence-electron chi connectivity index (χ1n) is 8.26. The summed E-state index contributed by atoms with van der Waals surface area (Å²) in [6.45, 7) is 1.56. The Morgan fingerprint density at radius 1 is 1.18 bits per heavy atom. The van der Waals surface area contributed by atoms with Crippen LogP contribution in [0.5, 0.6) is 0 Å². The van der Waals surface area contributed by atoms with E-state index in [1.165, 1.54) is 24.3 Å². The fourth-order valence-electron chi connectivity index (χ4n) is 2.80. The van der Waals surface area contributed by atoms with Crippen molar-refractivity contribution in [1.82, 2.24) is 10.6 Å². The summed E-state index contributed by atoms with van der Waals surface area (Å²) in [7, 11) is 0. The molecule has 0 bridgehead atoms. The fraction of sp³-hybridized carbons (Fsp3) is 0.105. The first kappa shape index (κ1) is 18.8. The van der Waals surface area contributed by atoms with Crippen LogP contribution in [0.15, 0.2) is 54.6 Å². The molecule has 0 spiro atoms. The van der Waals surface area contributed by atoms with E-state index in [4.69, 9.17) is 0 Å². The average Bonchev–Trinajstić information content (AvgIpc) is 2.93. The number of anilines is 1. The Balaban J connectivity index is 1.76. The molecule has 1 fully saturated rings. The highest BCUT2D eigenvalue weighted by atomic mass is 16.6. The number of hydrogen-bond acceptors (Lipinski definition) is 5. The van der Waals surface area contributed by atoms with Crippen molar-refractivity contribution >= 4 is 35.3 Å². The lowest BCUT2D eigenvalue weighted by Gasteiger charge is -2.21. The van der Waals surface area contributed by atoms with Crippen LogP contribution in [0.4, 0.5) is 16.2 Å². The van der Waals surface area contributed by atoms with Crippen molar-refractivity contribution in [2.45, 2.75) is 12.5 Å². The van der Waals surface area contributed by atoms with Gasteiger partial charge in [-0.3, -0.25) is 25.0 Å². The largest absolute Gasteiger partial charge is 0.323 e. The minimum Gasteiger partial charge on any atom is -0.323 e. The number of nitrogens with zero attached hydrogens (tertiary/aromatic N) is 1. The number of nitro groups is 1. The normalized spacial score (nSPS) is 18.6. The highest BCUT2D eigenvalue weighted by molar-refractivity contribution is 6.07. The van der Waals surface area contributed by atoms with Crippen LogP contribution < -0.4 is 16.0 Å². The SMILES string of the molecule is CC1(c2cccc(NC(=O)C=Cc3ccccc3[N+](=O)[O-])c2)NC(=O)NC1=O. The van der Waals surface area contributed by atoms with E-state index in [0.29, 0.717) is 16.8 Å². The van der Waals surface area contributed by atoms with Crippen molar-refractivity contribution in [3.8, 4) is 0 Å². The topological polar surface area (TPSA) is 130 Å². The van der Waals surface area contributed by atoms with Crippen molar-refractivity contribution in [3.63, 3.8) is 0 Å². The summed E-state index contributed by atoms with van der Waals surface area (Å²) in [4.78, 5) is 46.1. The average molecular weight is 380 g/mol. The van der Waals surface area contributed by atoms with Gasteiger partial charge in [0, 0.05) is 17.8 Å². The van der Waals surface area contributed by atoms with E-state index in [0.717, 1.165) is 0 Å². The van der Waals surface area contributed by atoms with Gasteiger partial charge in [-0.25, -0.2) is 4.79 Å². The van der Waals surface area contributed by atoms with Crippen LogP contribution >= 0.6 is 0 Å². The molecular formula is C19H16N4O5. The molecule has 1 saturated heterocycles. The van der Waals surface area contributed by atoms with Gasteiger partial charge < -0.3 is 10.6 Å². The van der Waals surface area contributed by atoms with E-state index < -0.39 is 28.3 Å². The number of para-hydroxylation sites is 1. The molecule has 28 heavy (non-hydrogen) atoms.